The van der Waals surface area contributed by atoms with Crippen LogP contribution in [0.4, 0.5) is 0 Å². The maximum Gasteiger partial charge on any atom is 0.194 e. The second-order valence-corrected chi connectivity index (χ2v) is 6.30. The van der Waals surface area contributed by atoms with E-state index in [1.165, 1.54) is 0 Å². The molecule has 0 unspecified atom stereocenters. The van der Waals surface area contributed by atoms with Crippen LogP contribution in [0.15, 0.2) is 42.5 Å². The van der Waals surface area contributed by atoms with Gasteiger partial charge in [-0.3, -0.25) is 9.69 Å². The maximum atomic E-state index is 12.7. The first-order chi connectivity index (χ1) is 11.1. The number of hydrogen-bond acceptors (Lipinski definition) is 3. The van der Waals surface area contributed by atoms with E-state index in [-0.39, 0.29) is 5.78 Å². The zero-order chi connectivity index (χ0) is 16.2. The van der Waals surface area contributed by atoms with Crippen LogP contribution in [0, 0.1) is 0 Å². The van der Waals surface area contributed by atoms with Gasteiger partial charge in [-0.15, -0.1) is 0 Å². The molecule has 3 rings (SSSR count). The quantitative estimate of drug-likeness (QED) is 0.779. The molecule has 0 aliphatic carbocycles. The smallest absolute Gasteiger partial charge is 0.194 e. The first kappa shape index (κ1) is 16.5. The molecular formula is C18H17Cl2NO2. The molecule has 0 N–H and O–H groups in total. The number of ketones is 1. The van der Waals surface area contributed by atoms with Crippen LogP contribution in [0.1, 0.15) is 21.5 Å². The second-order valence-electron chi connectivity index (χ2n) is 5.52. The lowest BCUT2D eigenvalue weighted by molar-refractivity contribution is 0.0342. The van der Waals surface area contributed by atoms with Crippen LogP contribution in [0.2, 0.25) is 10.0 Å². The van der Waals surface area contributed by atoms with Gasteiger partial charge in [-0.25, -0.2) is 0 Å². The third-order valence-corrected chi connectivity index (χ3v) is 4.71. The fraction of sp³-hybridized carbons (Fsp3) is 0.278. The van der Waals surface area contributed by atoms with Crippen molar-refractivity contribution >= 4 is 29.0 Å². The van der Waals surface area contributed by atoms with E-state index in [4.69, 9.17) is 27.9 Å². The molecule has 0 amide bonds. The van der Waals surface area contributed by atoms with Gasteiger partial charge in [0.05, 0.1) is 23.3 Å². The molecule has 2 aromatic carbocycles. The normalized spacial score (nSPS) is 15.6. The molecule has 120 valence electrons. The van der Waals surface area contributed by atoms with Gasteiger partial charge in [0.25, 0.3) is 0 Å². The van der Waals surface area contributed by atoms with Gasteiger partial charge < -0.3 is 4.74 Å². The number of nitrogens with zero attached hydrogens (tertiary/aromatic N) is 1. The molecule has 3 nitrogen and oxygen atoms in total. The molecule has 1 heterocycles. The summed E-state index contributed by atoms with van der Waals surface area (Å²) in [6.45, 7) is 4.16. The topological polar surface area (TPSA) is 29.5 Å². The summed E-state index contributed by atoms with van der Waals surface area (Å²) in [6.07, 6.45) is 0. The molecule has 1 saturated heterocycles. The van der Waals surface area contributed by atoms with E-state index in [1.54, 1.807) is 18.2 Å². The van der Waals surface area contributed by atoms with Gasteiger partial charge in [0.2, 0.25) is 0 Å². The monoisotopic (exact) mass is 349 g/mol. The van der Waals surface area contributed by atoms with E-state index < -0.39 is 0 Å². The summed E-state index contributed by atoms with van der Waals surface area (Å²) >= 11 is 12.2. The van der Waals surface area contributed by atoms with Crippen LogP contribution in [-0.4, -0.2) is 37.0 Å². The van der Waals surface area contributed by atoms with Gasteiger partial charge in [-0.1, -0.05) is 47.5 Å². The van der Waals surface area contributed by atoms with Gasteiger partial charge in [0.1, 0.15) is 0 Å². The summed E-state index contributed by atoms with van der Waals surface area (Å²) in [5, 5.41) is 0.694. The minimum Gasteiger partial charge on any atom is -0.379 e. The van der Waals surface area contributed by atoms with Gasteiger partial charge in [0, 0.05) is 30.8 Å². The van der Waals surface area contributed by atoms with Gasteiger partial charge >= 0.3 is 0 Å². The van der Waals surface area contributed by atoms with Crippen molar-refractivity contribution in [3.63, 3.8) is 0 Å². The average molecular weight is 350 g/mol. The summed E-state index contributed by atoms with van der Waals surface area (Å²) < 4.78 is 5.36. The van der Waals surface area contributed by atoms with Crippen LogP contribution in [0.25, 0.3) is 0 Å². The zero-order valence-electron chi connectivity index (χ0n) is 12.6. The Balaban J connectivity index is 1.81. The number of carbonyl (C=O) groups is 1. The highest BCUT2D eigenvalue weighted by Crippen LogP contribution is 2.27. The molecule has 1 fully saturated rings. The lowest BCUT2D eigenvalue weighted by atomic mass is 10.0. The van der Waals surface area contributed by atoms with E-state index in [0.717, 1.165) is 38.4 Å². The predicted molar refractivity (Wildman–Crippen MR) is 92.4 cm³/mol. The van der Waals surface area contributed by atoms with Crippen molar-refractivity contribution < 1.29 is 9.53 Å². The number of hydrogen-bond donors (Lipinski definition) is 0. The Hall–Kier alpha value is -1.39. The molecule has 23 heavy (non-hydrogen) atoms. The molecular weight excluding hydrogens is 333 g/mol. The van der Waals surface area contributed by atoms with Crippen molar-refractivity contribution in [2.24, 2.45) is 0 Å². The van der Waals surface area contributed by atoms with E-state index in [1.807, 2.05) is 24.3 Å². The maximum absolute atomic E-state index is 12.7. The van der Waals surface area contributed by atoms with Crippen molar-refractivity contribution in [2.45, 2.75) is 6.54 Å². The number of benzene rings is 2. The predicted octanol–water partition coefficient (Wildman–Crippen LogP) is 4.06. The number of rotatable bonds is 4. The second kappa shape index (κ2) is 7.45. The van der Waals surface area contributed by atoms with Crippen molar-refractivity contribution in [1.82, 2.24) is 4.90 Å². The Morgan fingerprint density at radius 1 is 1.09 bits per heavy atom. The highest BCUT2D eigenvalue weighted by atomic mass is 35.5. The van der Waals surface area contributed by atoms with E-state index >= 15 is 0 Å². The fourth-order valence-corrected chi connectivity index (χ4v) is 3.05. The van der Waals surface area contributed by atoms with E-state index in [2.05, 4.69) is 4.90 Å². The summed E-state index contributed by atoms with van der Waals surface area (Å²) in [7, 11) is 0. The van der Waals surface area contributed by atoms with E-state index in [9.17, 15) is 4.79 Å². The van der Waals surface area contributed by atoms with Crippen LogP contribution in [-0.2, 0) is 11.3 Å². The lowest BCUT2D eigenvalue weighted by Crippen LogP contribution is -2.35. The van der Waals surface area contributed by atoms with Crippen LogP contribution < -0.4 is 0 Å². The number of carbonyl (C=O) groups excluding carboxylic acids is 1. The molecule has 5 heteroatoms. The van der Waals surface area contributed by atoms with Crippen molar-refractivity contribution in [2.75, 3.05) is 26.3 Å². The Morgan fingerprint density at radius 2 is 1.83 bits per heavy atom. The standard InChI is InChI=1S/C18H17Cl2NO2/c19-16-6-2-5-15(17(16)20)18(22)14-4-1-3-13(11-14)12-21-7-9-23-10-8-21/h1-6,11H,7-10,12H2. The fourth-order valence-electron chi connectivity index (χ4n) is 2.66. The first-order valence-electron chi connectivity index (χ1n) is 7.53. The third kappa shape index (κ3) is 3.93. The number of halogens is 2. The largest absolute Gasteiger partial charge is 0.379 e. The van der Waals surface area contributed by atoms with Crippen molar-refractivity contribution in [3.8, 4) is 0 Å². The zero-order valence-corrected chi connectivity index (χ0v) is 14.1. The SMILES string of the molecule is O=C(c1cccc(CN2CCOCC2)c1)c1cccc(Cl)c1Cl. The van der Waals surface area contributed by atoms with Crippen LogP contribution in [0.3, 0.4) is 0 Å². The molecule has 1 aliphatic heterocycles. The van der Waals surface area contributed by atoms with E-state index in [0.29, 0.717) is 21.2 Å². The van der Waals surface area contributed by atoms with Crippen molar-refractivity contribution in [1.29, 1.82) is 0 Å². The Kier molecular flexibility index (Phi) is 5.34. The highest BCUT2D eigenvalue weighted by molar-refractivity contribution is 6.44. The summed E-state index contributed by atoms with van der Waals surface area (Å²) in [5.74, 6) is -0.110. The summed E-state index contributed by atoms with van der Waals surface area (Å²) in [6, 6.07) is 12.8. The van der Waals surface area contributed by atoms with Crippen LogP contribution in [0.5, 0.6) is 0 Å². The Labute approximate surface area is 145 Å². The molecule has 0 atom stereocenters. The summed E-state index contributed by atoms with van der Waals surface area (Å²) in [5.41, 5.74) is 2.17. The minimum absolute atomic E-state index is 0.110. The Bertz CT molecular complexity index is 712. The first-order valence-corrected chi connectivity index (χ1v) is 8.28. The number of morpholine rings is 1. The lowest BCUT2D eigenvalue weighted by Gasteiger charge is -2.26. The molecule has 0 radical (unpaired) electrons. The highest BCUT2D eigenvalue weighted by Gasteiger charge is 2.16. The average Bonchev–Trinajstić information content (AvgIpc) is 2.58. The molecule has 0 bridgehead atoms. The molecule has 2 aromatic rings. The molecule has 0 saturated carbocycles. The molecule has 0 spiro atoms. The third-order valence-electron chi connectivity index (χ3n) is 3.90. The number of ether oxygens (including phenoxy) is 1. The minimum atomic E-state index is -0.110. The van der Waals surface area contributed by atoms with Gasteiger partial charge in [-0.05, 0) is 23.8 Å². The summed E-state index contributed by atoms with van der Waals surface area (Å²) in [4.78, 5) is 15.0. The Morgan fingerprint density at radius 3 is 2.61 bits per heavy atom. The van der Waals surface area contributed by atoms with Gasteiger partial charge in [-0.2, -0.15) is 0 Å². The van der Waals surface area contributed by atoms with Crippen molar-refractivity contribution in [3.05, 3.63) is 69.2 Å². The van der Waals surface area contributed by atoms with Gasteiger partial charge in [0.15, 0.2) is 5.78 Å². The van der Waals surface area contributed by atoms with Crippen LogP contribution >= 0.6 is 23.2 Å². The molecule has 1 aliphatic rings. The molecule has 0 aromatic heterocycles.